The Balaban J connectivity index is 1.48. The minimum Gasteiger partial charge on any atom is -0.350 e. The van der Waals surface area contributed by atoms with Crippen molar-refractivity contribution in [2.24, 2.45) is 5.92 Å². The molecule has 0 bridgehead atoms. The van der Waals surface area contributed by atoms with E-state index in [-0.39, 0.29) is 24.3 Å². The number of amides is 2. The molecule has 134 valence electrons. The molecule has 1 saturated carbocycles. The second kappa shape index (κ2) is 7.29. The lowest BCUT2D eigenvalue weighted by Gasteiger charge is -2.10. The summed E-state index contributed by atoms with van der Waals surface area (Å²) in [5.74, 6) is 0.857. The SMILES string of the molecule is O=C(Cn1c(CNC(=O)C2CC2)nc2ccccc21)NCc1cccs1. The van der Waals surface area contributed by atoms with Gasteiger partial charge < -0.3 is 15.2 Å². The summed E-state index contributed by atoms with van der Waals surface area (Å²) in [7, 11) is 0. The highest BCUT2D eigenvalue weighted by molar-refractivity contribution is 7.09. The van der Waals surface area contributed by atoms with Crippen LogP contribution in [0.5, 0.6) is 0 Å². The summed E-state index contributed by atoms with van der Waals surface area (Å²) in [4.78, 5) is 30.1. The predicted octanol–water partition coefficient (Wildman–Crippen LogP) is 2.44. The van der Waals surface area contributed by atoms with Crippen LogP contribution in [0, 0.1) is 5.92 Å². The van der Waals surface area contributed by atoms with E-state index in [1.54, 1.807) is 11.3 Å². The molecule has 2 N–H and O–H groups in total. The first-order valence-electron chi connectivity index (χ1n) is 8.71. The first-order valence-corrected chi connectivity index (χ1v) is 9.59. The summed E-state index contributed by atoms with van der Waals surface area (Å²) < 4.78 is 1.88. The van der Waals surface area contributed by atoms with Gasteiger partial charge in [0.1, 0.15) is 12.4 Å². The van der Waals surface area contributed by atoms with Crippen LogP contribution in [-0.4, -0.2) is 21.4 Å². The van der Waals surface area contributed by atoms with Crippen molar-refractivity contribution in [1.29, 1.82) is 0 Å². The van der Waals surface area contributed by atoms with Crippen LogP contribution in [0.4, 0.5) is 0 Å². The molecule has 1 aromatic carbocycles. The number of carbonyl (C=O) groups is 2. The largest absolute Gasteiger partial charge is 0.350 e. The maximum Gasteiger partial charge on any atom is 0.240 e. The zero-order valence-electron chi connectivity index (χ0n) is 14.3. The molecule has 0 radical (unpaired) electrons. The summed E-state index contributed by atoms with van der Waals surface area (Å²) in [6, 6.07) is 11.7. The Bertz CT molecular complexity index is 928. The van der Waals surface area contributed by atoms with Crippen LogP contribution in [0.15, 0.2) is 41.8 Å². The van der Waals surface area contributed by atoms with Gasteiger partial charge in [-0.05, 0) is 36.4 Å². The quantitative estimate of drug-likeness (QED) is 0.673. The van der Waals surface area contributed by atoms with E-state index in [4.69, 9.17) is 0 Å². The Labute approximate surface area is 155 Å². The molecule has 0 aliphatic heterocycles. The zero-order chi connectivity index (χ0) is 17.9. The molecule has 6 nitrogen and oxygen atoms in total. The molecular weight excluding hydrogens is 348 g/mol. The van der Waals surface area contributed by atoms with Gasteiger partial charge in [0.15, 0.2) is 0 Å². The van der Waals surface area contributed by atoms with E-state index in [0.29, 0.717) is 18.9 Å². The second-order valence-corrected chi connectivity index (χ2v) is 7.48. The molecule has 0 atom stereocenters. The first kappa shape index (κ1) is 16.8. The molecular formula is C19H20N4O2S. The number of rotatable bonds is 7. The fourth-order valence-electron chi connectivity index (χ4n) is 2.89. The van der Waals surface area contributed by atoms with Gasteiger partial charge in [0.05, 0.1) is 24.1 Å². The van der Waals surface area contributed by atoms with Crippen molar-refractivity contribution in [3.8, 4) is 0 Å². The van der Waals surface area contributed by atoms with Gasteiger partial charge >= 0.3 is 0 Å². The van der Waals surface area contributed by atoms with Crippen molar-refractivity contribution in [1.82, 2.24) is 20.2 Å². The smallest absolute Gasteiger partial charge is 0.240 e. The highest BCUT2D eigenvalue weighted by Crippen LogP contribution is 2.28. The fourth-order valence-corrected chi connectivity index (χ4v) is 3.54. The van der Waals surface area contributed by atoms with E-state index >= 15 is 0 Å². The number of carbonyl (C=O) groups excluding carboxylic acids is 2. The zero-order valence-corrected chi connectivity index (χ0v) is 15.1. The van der Waals surface area contributed by atoms with Crippen LogP contribution in [0.25, 0.3) is 11.0 Å². The molecule has 2 amide bonds. The number of thiophene rings is 1. The molecule has 26 heavy (non-hydrogen) atoms. The standard InChI is InChI=1S/C19H20N4O2S/c24-18(20-10-14-4-3-9-26-14)12-23-16-6-2-1-5-15(16)22-17(23)11-21-19(25)13-7-8-13/h1-6,9,13H,7-8,10-12H2,(H,20,24)(H,21,25). The third-order valence-corrected chi connectivity index (χ3v) is 5.32. The topological polar surface area (TPSA) is 76.0 Å². The Morgan fingerprint density at radius 1 is 1.12 bits per heavy atom. The van der Waals surface area contributed by atoms with Crippen molar-refractivity contribution >= 4 is 34.2 Å². The molecule has 2 heterocycles. The van der Waals surface area contributed by atoms with Gasteiger partial charge in [-0.25, -0.2) is 4.98 Å². The lowest BCUT2D eigenvalue weighted by atomic mass is 10.3. The fraction of sp³-hybridized carbons (Fsp3) is 0.316. The summed E-state index contributed by atoms with van der Waals surface area (Å²) in [5.41, 5.74) is 1.73. The third kappa shape index (κ3) is 3.77. The van der Waals surface area contributed by atoms with Gasteiger partial charge in [-0.1, -0.05) is 18.2 Å². The lowest BCUT2D eigenvalue weighted by molar-refractivity contribution is -0.122. The summed E-state index contributed by atoms with van der Waals surface area (Å²) >= 11 is 1.62. The average Bonchev–Trinajstić information content (AvgIpc) is 3.27. The monoisotopic (exact) mass is 368 g/mol. The number of nitrogens with zero attached hydrogens (tertiary/aromatic N) is 2. The maximum atomic E-state index is 12.4. The minimum atomic E-state index is -0.0728. The lowest BCUT2D eigenvalue weighted by Crippen LogP contribution is -2.30. The van der Waals surface area contributed by atoms with E-state index in [1.807, 2.05) is 46.3 Å². The van der Waals surface area contributed by atoms with Crippen LogP contribution in [0.2, 0.25) is 0 Å². The van der Waals surface area contributed by atoms with Crippen LogP contribution in [0.3, 0.4) is 0 Å². The summed E-state index contributed by atoms with van der Waals surface area (Å²) in [5, 5.41) is 7.87. The highest BCUT2D eigenvalue weighted by Gasteiger charge is 2.29. The number of hydrogen-bond donors (Lipinski definition) is 2. The number of benzene rings is 1. The molecule has 1 fully saturated rings. The van der Waals surface area contributed by atoms with Gasteiger partial charge in [0.25, 0.3) is 0 Å². The predicted molar refractivity (Wildman–Crippen MR) is 100 cm³/mol. The minimum absolute atomic E-state index is 0.0728. The summed E-state index contributed by atoms with van der Waals surface area (Å²) in [6.07, 6.45) is 1.93. The van der Waals surface area contributed by atoms with Crippen molar-refractivity contribution in [3.63, 3.8) is 0 Å². The molecule has 4 rings (SSSR count). The normalized spacial score (nSPS) is 13.7. The number of nitrogens with one attached hydrogen (secondary N) is 2. The molecule has 2 aromatic heterocycles. The number of hydrogen-bond acceptors (Lipinski definition) is 4. The van der Waals surface area contributed by atoms with Gasteiger partial charge in [0.2, 0.25) is 11.8 Å². The average molecular weight is 368 g/mol. The number of fused-ring (bicyclic) bond motifs is 1. The van der Waals surface area contributed by atoms with Crippen LogP contribution >= 0.6 is 11.3 Å². The number of para-hydroxylation sites is 2. The molecule has 3 aromatic rings. The van der Waals surface area contributed by atoms with Crippen LogP contribution in [0.1, 0.15) is 23.5 Å². The van der Waals surface area contributed by atoms with Gasteiger partial charge in [0, 0.05) is 10.8 Å². The second-order valence-electron chi connectivity index (χ2n) is 6.45. The Kier molecular flexibility index (Phi) is 4.71. The van der Waals surface area contributed by atoms with E-state index in [2.05, 4.69) is 15.6 Å². The van der Waals surface area contributed by atoms with Gasteiger partial charge in [-0.2, -0.15) is 0 Å². The van der Waals surface area contributed by atoms with Crippen molar-refractivity contribution in [3.05, 3.63) is 52.5 Å². The van der Waals surface area contributed by atoms with Crippen molar-refractivity contribution in [2.75, 3.05) is 0 Å². The maximum absolute atomic E-state index is 12.4. The summed E-state index contributed by atoms with van der Waals surface area (Å²) in [6.45, 7) is 1.04. The van der Waals surface area contributed by atoms with Gasteiger partial charge in [-0.15, -0.1) is 11.3 Å². The van der Waals surface area contributed by atoms with E-state index < -0.39 is 0 Å². The molecule has 0 unspecified atom stereocenters. The number of imidazole rings is 1. The Morgan fingerprint density at radius 2 is 1.96 bits per heavy atom. The van der Waals surface area contributed by atoms with Crippen LogP contribution in [-0.2, 0) is 29.2 Å². The molecule has 1 aliphatic rings. The van der Waals surface area contributed by atoms with E-state index in [1.165, 1.54) is 0 Å². The first-order chi connectivity index (χ1) is 12.7. The van der Waals surface area contributed by atoms with E-state index in [9.17, 15) is 9.59 Å². The van der Waals surface area contributed by atoms with Gasteiger partial charge in [-0.3, -0.25) is 9.59 Å². The third-order valence-electron chi connectivity index (χ3n) is 4.44. The molecule has 0 saturated heterocycles. The molecule has 1 aliphatic carbocycles. The van der Waals surface area contributed by atoms with Crippen molar-refractivity contribution < 1.29 is 9.59 Å². The molecule has 0 spiro atoms. The number of aromatic nitrogens is 2. The highest BCUT2D eigenvalue weighted by atomic mass is 32.1. The van der Waals surface area contributed by atoms with Crippen molar-refractivity contribution in [2.45, 2.75) is 32.5 Å². The van der Waals surface area contributed by atoms with Crippen LogP contribution < -0.4 is 10.6 Å². The Hall–Kier alpha value is -2.67. The van der Waals surface area contributed by atoms with E-state index in [0.717, 1.165) is 28.8 Å². The molecule has 7 heteroatoms. The Morgan fingerprint density at radius 3 is 2.73 bits per heavy atom.